The van der Waals surface area contributed by atoms with Crippen LogP contribution in [-0.4, -0.2) is 35.3 Å². The summed E-state index contributed by atoms with van der Waals surface area (Å²) < 4.78 is 11.0. The molecule has 0 atom stereocenters. The maximum Gasteiger partial charge on any atom is 0.308 e. The Hall–Kier alpha value is -2.47. The number of fused-ring (bicyclic) bond motifs is 3. The molecule has 0 amide bonds. The van der Waals surface area contributed by atoms with E-state index in [2.05, 4.69) is 34.2 Å². The van der Waals surface area contributed by atoms with E-state index in [9.17, 15) is 4.79 Å². The molecule has 1 saturated carbocycles. The van der Waals surface area contributed by atoms with Crippen molar-refractivity contribution in [2.75, 3.05) is 19.5 Å². The largest absolute Gasteiger partial charge is 0.469 e. The highest BCUT2D eigenvalue weighted by atomic mass is 16.5. The molecular weight excluding hydrogens is 330 g/mol. The number of hydrogen-bond acceptors (Lipinski definition) is 6. The third-order valence-electron chi connectivity index (χ3n) is 5.97. The number of esters is 1. The number of anilines is 1. The lowest BCUT2D eigenvalue weighted by atomic mass is 9.62. The molecule has 1 aliphatic carbocycles. The Balaban J connectivity index is 1.51. The summed E-state index contributed by atoms with van der Waals surface area (Å²) in [5.41, 5.74) is 8.59. The van der Waals surface area contributed by atoms with Crippen LogP contribution < -0.4 is 5.73 Å². The average Bonchev–Trinajstić information content (AvgIpc) is 2.70. The molecule has 2 aliphatic heterocycles. The van der Waals surface area contributed by atoms with Gasteiger partial charge in [-0.1, -0.05) is 24.3 Å². The molecule has 0 radical (unpaired) electrons. The Labute approximate surface area is 152 Å². The van der Waals surface area contributed by atoms with Crippen molar-refractivity contribution >= 4 is 11.9 Å². The zero-order chi connectivity index (χ0) is 18.2. The van der Waals surface area contributed by atoms with E-state index in [-0.39, 0.29) is 22.9 Å². The third-order valence-corrected chi connectivity index (χ3v) is 5.97. The summed E-state index contributed by atoms with van der Waals surface area (Å²) in [6, 6.07) is 8.55. The van der Waals surface area contributed by atoms with Gasteiger partial charge in [-0.15, -0.1) is 0 Å². The van der Waals surface area contributed by atoms with Crippen LogP contribution in [0.3, 0.4) is 0 Å². The second-order valence-electron chi connectivity index (χ2n) is 7.41. The smallest absolute Gasteiger partial charge is 0.308 e. The highest BCUT2D eigenvalue weighted by molar-refractivity contribution is 5.70. The molecule has 2 N–H and O–H groups in total. The SMILES string of the molecule is COC(=O)CC12CCC(c3ccc(-c4cnc(N)nc4)cc3)(CC1)CO2. The van der Waals surface area contributed by atoms with Crippen molar-refractivity contribution in [2.45, 2.75) is 43.1 Å². The summed E-state index contributed by atoms with van der Waals surface area (Å²) in [6.45, 7) is 0.661. The number of nitrogen functional groups attached to an aromatic ring is 1. The van der Waals surface area contributed by atoms with Gasteiger partial charge in [0.25, 0.3) is 0 Å². The van der Waals surface area contributed by atoms with Gasteiger partial charge < -0.3 is 15.2 Å². The summed E-state index contributed by atoms with van der Waals surface area (Å²) in [4.78, 5) is 19.8. The number of rotatable bonds is 4. The summed E-state index contributed by atoms with van der Waals surface area (Å²) in [6.07, 6.45) is 7.70. The molecule has 1 aromatic carbocycles. The highest BCUT2D eigenvalue weighted by Crippen LogP contribution is 2.51. The number of methoxy groups -OCH3 is 1. The fourth-order valence-corrected chi connectivity index (χ4v) is 4.20. The molecule has 6 nitrogen and oxygen atoms in total. The zero-order valence-corrected chi connectivity index (χ0v) is 14.9. The lowest BCUT2D eigenvalue weighted by Crippen LogP contribution is -2.54. The summed E-state index contributed by atoms with van der Waals surface area (Å²) in [7, 11) is 1.43. The van der Waals surface area contributed by atoms with Crippen LogP contribution in [0.2, 0.25) is 0 Å². The molecular formula is C20H23N3O3. The second kappa shape index (κ2) is 6.36. The van der Waals surface area contributed by atoms with Gasteiger partial charge >= 0.3 is 5.97 Å². The Morgan fingerprint density at radius 2 is 1.77 bits per heavy atom. The van der Waals surface area contributed by atoms with E-state index in [1.165, 1.54) is 12.7 Å². The molecule has 2 saturated heterocycles. The molecule has 3 fully saturated rings. The number of nitrogens with zero attached hydrogens (tertiary/aromatic N) is 2. The van der Waals surface area contributed by atoms with E-state index < -0.39 is 0 Å². The standard InChI is InChI=1S/C20H23N3O3/c1-25-17(24)10-20-8-6-19(7-9-20,13-26-20)16-4-2-14(3-5-16)15-11-22-18(21)23-12-15/h2-5,11-12H,6-10,13H2,1H3,(H2,21,22,23). The molecule has 136 valence electrons. The van der Waals surface area contributed by atoms with Crippen LogP contribution in [0.15, 0.2) is 36.7 Å². The number of hydrogen-bond donors (Lipinski definition) is 1. The minimum Gasteiger partial charge on any atom is -0.469 e. The minimum atomic E-state index is -0.323. The number of ether oxygens (including phenoxy) is 2. The lowest BCUT2D eigenvalue weighted by Gasteiger charge is -2.53. The summed E-state index contributed by atoms with van der Waals surface area (Å²) in [5.74, 6) is 0.0933. The molecule has 0 spiro atoms. The first kappa shape index (κ1) is 17.0. The van der Waals surface area contributed by atoms with Gasteiger partial charge in [0.2, 0.25) is 5.95 Å². The van der Waals surface area contributed by atoms with Crippen LogP contribution in [0.4, 0.5) is 5.95 Å². The zero-order valence-electron chi connectivity index (χ0n) is 14.9. The van der Waals surface area contributed by atoms with Gasteiger partial charge in [-0.2, -0.15) is 0 Å². The predicted octanol–water partition coefficient (Wildman–Crippen LogP) is 2.87. The number of carbonyl (C=O) groups excluding carboxylic acids is 1. The van der Waals surface area contributed by atoms with Gasteiger partial charge in [-0.3, -0.25) is 4.79 Å². The van der Waals surface area contributed by atoms with Crippen LogP contribution in [-0.2, 0) is 19.7 Å². The van der Waals surface area contributed by atoms with Crippen LogP contribution in [0.25, 0.3) is 11.1 Å². The average molecular weight is 353 g/mol. The molecule has 2 bridgehead atoms. The predicted molar refractivity (Wildman–Crippen MR) is 97.3 cm³/mol. The monoisotopic (exact) mass is 353 g/mol. The maximum absolute atomic E-state index is 11.7. The number of aromatic nitrogens is 2. The van der Waals surface area contributed by atoms with E-state index in [4.69, 9.17) is 15.2 Å². The Morgan fingerprint density at radius 3 is 2.31 bits per heavy atom. The highest BCUT2D eigenvalue weighted by Gasteiger charge is 2.51. The molecule has 26 heavy (non-hydrogen) atoms. The fourth-order valence-electron chi connectivity index (χ4n) is 4.20. The minimum absolute atomic E-state index is 0.0496. The Bertz CT molecular complexity index is 778. The van der Waals surface area contributed by atoms with E-state index in [0.29, 0.717) is 13.0 Å². The van der Waals surface area contributed by atoms with Crippen LogP contribution in [0.1, 0.15) is 37.7 Å². The van der Waals surface area contributed by atoms with Crippen molar-refractivity contribution in [2.24, 2.45) is 0 Å². The van der Waals surface area contributed by atoms with Gasteiger partial charge in [0.15, 0.2) is 0 Å². The normalized spacial score (nSPS) is 27.3. The second-order valence-corrected chi connectivity index (χ2v) is 7.41. The molecule has 3 aliphatic rings. The summed E-state index contributed by atoms with van der Waals surface area (Å²) >= 11 is 0. The number of carbonyl (C=O) groups is 1. The summed E-state index contributed by atoms with van der Waals surface area (Å²) in [5, 5.41) is 0. The van der Waals surface area contributed by atoms with Gasteiger partial charge in [-0.05, 0) is 36.8 Å². The topological polar surface area (TPSA) is 87.3 Å². The molecule has 3 heterocycles. The Kier molecular flexibility index (Phi) is 4.15. The van der Waals surface area contributed by atoms with E-state index in [1.54, 1.807) is 12.4 Å². The maximum atomic E-state index is 11.7. The Morgan fingerprint density at radius 1 is 1.12 bits per heavy atom. The molecule has 1 aromatic heterocycles. The van der Waals surface area contributed by atoms with Crippen LogP contribution in [0, 0.1) is 0 Å². The van der Waals surface area contributed by atoms with Crippen molar-refractivity contribution < 1.29 is 14.3 Å². The molecule has 2 aromatic rings. The van der Waals surface area contributed by atoms with Crippen LogP contribution >= 0.6 is 0 Å². The van der Waals surface area contributed by atoms with Gasteiger partial charge in [-0.25, -0.2) is 9.97 Å². The van der Waals surface area contributed by atoms with Crippen molar-refractivity contribution in [3.8, 4) is 11.1 Å². The lowest BCUT2D eigenvalue weighted by molar-refractivity contribution is -0.176. The molecule has 5 rings (SSSR count). The van der Waals surface area contributed by atoms with Crippen molar-refractivity contribution in [3.63, 3.8) is 0 Å². The first-order chi connectivity index (χ1) is 12.5. The van der Waals surface area contributed by atoms with E-state index in [0.717, 1.165) is 36.8 Å². The van der Waals surface area contributed by atoms with E-state index >= 15 is 0 Å². The number of benzene rings is 1. The number of nitrogens with two attached hydrogens (primary N) is 1. The first-order valence-electron chi connectivity index (χ1n) is 8.94. The molecule has 6 heteroatoms. The van der Waals surface area contributed by atoms with Crippen molar-refractivity contribution in [1.82, 2.24) is 9.97 Å². The van der Waals surface area contributed by atoms with Gasteiger partial charge in [0.1, 0.15) is 0 Å². The van der Waals surface area contributed by atoms with Crippen molar-refractivity contribution in [3.05, 3.63) is 42.2 Å². The van der Waals surface area contributed by atoms with E-state index in [1.807, 2.05) is 0 Å². The van der Waals surface area contributed by atoms with Gasteiger partial charge in [0.05, 0.1) is 25.7 Å². The van der Waals surface area contributed by atoms with Crippen LogP contribution in [0.5, 0.6) is 0 Å². The third kappa shape index (κ3) is 2.94. The van der Waals surface area contributed by atoms with Crippen molar-refractivity contribution in [1.29, 1.82) is 0 Å². The first-order valence-corrected chi connectivity index (χ1v) is 8.94. The fraction of sp³-hybridized carbons (Fsp3) is 0.450. The van der Waals surface area contributed by atoms with Gasteiger partial charge in [0, 0.05) is 23.4 Å². The quantitative estimate of drug-likeness (QED) is 0.851. The molecule has 0 unspecified atom stereocenters.